The zero-order valence-electron chi connectivity index (χ0n) is 7.21. The predicted molar refractivity (Wildman–Crippen MR) is 48.8 cm³/mol. The highest BCUT2D eigenvalue weighted by atomic mass is 16.1. The summed E-state index contributed by atoms with van der Waals surface area (Å²) < 4.78 is 0. The molecule has 4 heteroatoms. The van der Waals surface area contributed by atoms with Crippen molar-refractivity contribution in [2.45, 2.75) is 12.8 Å². The first-order valence-electron chi connectivity index (χ1n) is 4.01. The lowest BCUT2D eigenvalue weighted by Crippen LogP contribution is -2.25. The Bertz CT molecular complexity index is 297. The zero-order chi connectivity index (χ0) is 9.52. The minimum Gasteiger partial charge on any atom is -0.355 e. The molecule has 0 aliphatic heterocycles. The van der Waals surface area contributed by atoms with Gasteiger partial charge in [0.2, 0.25) is 5.91 Å². The Morgan fingerprint density at radius 2 is 2.62 bits per heavy atom. The second kappa shape index (κ2) is 4.99. The van der Waals surface area contributed by atoms with Crippen molar-refractivity contribution in [3.63, 3.8) is 0 Å². The van der Waals surface area contributed by atoms with Crippen LogP contribution in [0.4, 0.5) is 0 Å². The van der Waals surface area contributed by atoms with E-state index in [0.717, 1.165) is 5.82 Å². The smallest absolute Gasteiger partial charge is 0.232 e. The summed E-state index contributed by atoms with van der Waals surface area (Å²) >= 11 is 0. The molecule has 13 heavy (non-hydrogen) atoms. The van der Waals surface area contributed by atoms with Crippen molar-refractivity contribution in [3.8, 4) is 12.3 Å². The Balaban J connectivity index is 2.15. The number of H-pyrrole nitrogens is 1. The number of aromatic nitrogens is 2. The number of carbonyl (C=O) groups is 1. The second-order valence-electron chi connectivity index (χ2n) is 2.52. The molecule has 0 aromatic carbocycles. The van der Waals surface area contributed by atoms with Gasteiger partial charge in [-0.1, -0.05) is 5.92 Å². The fraction of sp³-hybridized carbons (Fsp3) is 0.333. The molecule has 68 valence electrons. The molecule has 0 aliphatic carbocycles. The lowest BCUT2D eigenvalue weighted by Gasteiger charge is -1.99. The average Bonchev–Trinajstić information content (AvgIpc) is 2.57. The van der Waals surface area contributed by atoms with Gasteiger partial charge >= 0.3 is 0 Å². The number of amides is 1. The molecule has 1 heterocycles. The van der Waals surface area contributed by atoms with E-state index in [1.807, 2.05) is 0 Å². The van der Waals surface area contributed by atoms with Crippen molar-refractivity contribution in [1.82, 2.24) is 15.3 Å². The number of nitrogens with one attached hydrogen (secondary N) is 2. The van der Waals surface area contributed by atoms with Gasteiger partial charge in [-0.15, -0.1) is 6.42 Å². The van der Waals surface area contributed by atoms with Gasteiger partial charge in [-0.05, 0) is 0 Å². The van der Waals surface area contributed by atoms with Gasteiger partial charge in [-0.3, -0.25) is 4.79 Å². The fourth-order valence-electron chi connectivity index (χ4n) is 0.910. The number of carbonyl (C=O) groups excluding carboxylic acids is 1. The van der Waals surface area contributed by atoms with Crippen LogP contribution in [0.5, 0.6) is 0 Å². The number of rotatable bonds is 4. The van der Waals surface area contributed by atoms with Crippen molar-refractivity contribution < 1.29 is 4.79 Å². The molecular formula is C9H11N3O. The maximum absolute atomic E-state index is 10.9. The van der Waals surface area contributed by atoms with Gasteiger partial charge in [0.1, 0.15) is 5.82 Å². The molecule has 0 radical (unpaired) electrons. The van der Waals surface area contributed by atoms with Crippen molar-refractivity contribution in [2.75, 3.05) is 6.54 Å². The minimum atomic E-state index is -0.117. The van der Waals surface area contributed by atoms with E-state index in [0.29, 0.717) is 13.0 Å². The Kier molecular flexibility index (Phi) is 3.58. The van der Waals surface area contributed by atoms with Crippen molar-refractivity contribution in [3.05, 3.63) is 18.2 Å². The summed E-state index contributed by atoms with van der Waals surface area (Å²) in [5.74, 6) is 3.02. The number of aromatic amines is 1. The van der Waals surface area contributed by atoms with Gasteiger partial charge in [0.25, 0.3) is 0 Å². The molecule has 0 bridgehead atoms. The van der Waals surface area contributed by atoms with Crippen LogP contribution >= 0.6 is 0 Å². The SMILES string of the molecule is C#CCC(=O)NCCc1ncc[nH]1. The fourth-order valence-corrected chi connectivity index (χ4v) is 0.910. The summed E-state index contributed by atoms with van der Waals surface area (Å²) in [6.45, 7) is 0.564. The Morgan fingerprint density at radius 1 is 1.77 bits per heavy atom. The van der Waals surface area contributed by atoms with Crippen LogP contribution in [0.3, 0.4) is 0 Å². The molecule has 0 saturated heterocycles. The molecule has 1 aromatic heterocycles. The molecule has 0 fully saturated rings. The van der Waals surface area contributed by atoms with E-state index < -0.39 is 0 Å². The van der Waals surface area contributed by atoms with Gasteiger partial charge < -0.3 is 10.3 Å². The molecule has 4 nitrogen and oxygen atoms in total. The third-order valence-electron chi connectivity index (χ3n) is 1.50. The second-order valence-corrected chi connectivity index (χ2v) is 2.52. The summed E-state index contributed by atoms with van der Waals surface area (Å²) in [7, 11) is 0. The van der Waals surface area contributed by atoms with Crippen LogP contribution in [-0.4, -0.2) is 22.4 Å². The highest BCUT2D eigenvalue weighted by Gasteiger charge is 1.98. The largest absolute Gasteiger partial charge is 0.355 e. The quantitative estimate of drug-likeness (QED) is 0.640. The van der Waals surface area contributed by atoms with E-state index >= 15 is 0 Å². The topological polar surface area (TPSA) is 57.8 Å². The Morgan fingerprint density at radius 3 is 3.23 bits per heavy atom. The first kappa shape index (κ1) is 9.33. The van der Waals surface area contributed by atoms with Crippen LogP contribution in [0.25, 0.3) is 0 Å². The van der Waals surface area contributed by atoms with E-state index in [9.17, 15) is 4.79 Å². The molecule has 2 N–H and O–H groups in total. The van der Waals surface area contributed by atoms with Crippen LogP contribution in [0, 0.1) is 12.3 Å². The molecule has 1 aromatic rings. The molecule has 0 spiro atoms. The molecule has 0 saturated carbocycles. The first-order chi connectivity index (χ1) is 6.33. The average molecular weight is 177 g/mol. The van der Waals surface area contributed by atoms with Gasteiger partial charge in [0, 0.05) is 25.4 Å². The van der Waals surface area contributed by atoms with Crippen LogP contribution in [-0.2, 0) is 11.2 Å². The normalized spacial score (nSPS) is 9.15. The summed E-state index contributed by atoms with van der Waals surface area (Å²) in [6, 6.07) is 0. The first-order valence-corrected chi connectivity index (χ1v) is 4.01. The lowest BCUT2D eigenvalue weighted by molar-refractivity contribution is -0.120. The molecule has 0 aliphatic rings. The summed E-state index contributed by atoms with van der Waals surface area (Å²) in [4.78, 5) is 17.8. The minimum absolute atomic E-state index is 0.117. The molecular weight excluding hydrogens is 166 g/mol. The third kappa shape index (κ3) is 3.43. The number of terminal acetylenes is 1. The Labute approximate surface area is 76.8 Å². The molecule has 1 amide bonds. The van der Waals surface area contributed by atoms with Gasteiger partial charge in [0.15, 0.2) is 0 Å². The van der Waals surface area contributed by atoms with Crippen LogP contribution in [0.15, 0.2) is 12.4 Å². The standard InChI is InChI=1S/C9H11N3O/c1-2-3-9(13)12-5-4-8-10-6-7-11-8/h1,6-7H,3-5H2,(H,10,11)(H,12,13). The highest BCUT2D eigenvalue weighted by Crippen LogP contribution is 1.88. The number of hydrogen-bond acceptors (Lipinski definition) is 2. The zero-order valence-corrected chi connectivity index (χ0v) is 7.21. The van der Waals surface area contributed by atoms with Crippen molar-refractivity contribution in [1.29, 1.82) is 0 Å². The number of imidazole rings is 1. The van der Waals surface area contributed by atoms with E-state index in [1.165, 1.54) is 0 Å². The summed E-state index contributed by atoms with van der Waals surface area (Å²) in [5, 5.41) is 2.68. The number of hydrogen-bond donors (Lipinski definition) is 2. The van der Waals surface area contributed by atoms with Gasteiger partial charge in [0.05, 0.1) is 6.42 Å². The monoisotopic (exact) mass is 177 g/mol. The maximum Gasteiger partial charge on any atom is 0.232 e. The lowest BCUT2D eigenvalue weighted by atomic mass is 10.3. The summed E-state index contributed by atoms with van der Waals surface area (Å²) in [5.41, 5.74) is 0. The molecule has 0 atom stereocenters. The van der Waals surface area contributed by atoms with E-state index in [4.69, 9.17) is 6.42 Å². The number of nitrogens with zero attached hydrogens (tertiary/aromatic N) is 1. The third-order valence-corrected chi connectivity index (χ3v) is 1.50. The molecule has 0 unspecified atom stereocenters. The van der Waals surface area contributed by atoms with Crippen LogP contribution < -0.4 is 5.32 Å². The van der Waals surface area contributed by atoms with E-state index in [-0.39, 0.29) is 12.3 Å². The van der Waals surface area contributed by atoms with Gasteiger partial charge in [-0.2, -0.15) is 0 Å². The van der Waals surface area contributed by atoms with E-state index in [2.05, 4.69) is 21.2 Å². The molecule has 1 rings (SSSR count). The van der Waals surface area contributed by atoms with Crippen molar-refractivity contribution in [2.24, 2.45) is 0 Å². The van der Waals surface area contributed by atoms with E-state index in [1.54, 1.807) is 12.4 Å². The van der Waals surface area contributed by atoms with Gasteiger partial charge in [-0.25, -0.2) is 4.98 Å². The predicted octanol–water partition coefficient (Wildman–Crippen LogP) is 0.0917. The summed E-state index contributed by atoms with van der Waals surface area (Å²) in [6.07, 6.45) is 9.23. The maximum atomic E-state index is 10.9. The Hall–Kier alpha value is -1.76. The van der Waals surface area contributed by atoms with Crippen LogP contribution in [0.2, 0.25) is 0 Å². The highest BCUT2D eigenvalue weighted by molar-refractivity contribution is 5.78. The van der Waals surface area contributed by atoms with Crippen LogP contribution in [0.1, 0.15) is 12.2 Å². The van der Waals surface area contributed by atoms with Crippen molar-refractivity contribution >= 4 is 5.91 Å².